The van der Waals surface area contributed by atoms with Gasteiger partial charge in [0.2, 0.25) is 5.95 Å². The van der Waals surface area contributed by atoms with Crippen molar-refractivity contribution in [3.05, 3.63) is 52.3 Å². The molecule has 0 saturated carbocycles. The smallest absolute Gasteiger partial charge is 0.225 e. The highest BCUT2D eigenvalue weighted by molar-refractivity contribution is 14.0. The highest BCUT2D eigenvalue weighted by Crippen LogP contribution is 2.19. The number of nitrogens with one attached hydrogen (secondary N) is 1. The third kappa shape index (κ3) is 6.63. The van der Waals surface area contributed by atoms with E-state index >= 15 is 0 Å². The third-order valence-electron chi connectivity index (χ3n) is 4.33. The van der Waals surface area contributed by atoms with E-state index in [4.69, 9.17) is 28.2 Å². The molecule has 1 saturated heterocycles. The normalized spacial score (nSPS) is 14.6. The van der Waals surface area contributed by atoms with Gasteiger partial charge < -0.3 is 15.1 Å². The van der Waals surface area contributed by atoms with Gasteiger partial charge in [-0.1, -0.05) is 23.2 Å². The van der Waals surface area contributed by atoms with Crippen LogP contribution < -0.4 is 10.2 Å². The molecule has 2 aromatic rings. The second kappa shape index (κ2) is 11.6. The zero-order valence-corrected chi connectivity index (χ0v) is 19.7. The van der Waals surface area contributed by atoms with E-state index in [9.17, 15) is 0 Å². The van der Waals surface area contributed by atoms with Crippen LogP contribution >= 0.6 is 47.2 Å². The number of rotatable bonds is 5. The molecule has 0 aliphatic carbocycles. The molecule has 28 heavy (non-hydrogen) atoms. The Bertz CT molecular complexity index is 746. The lowest BCUT2D eigenvalue weighted by Crippen LogP contribution is -2.53. The summed E-state index contributed by atoms with van der Waals surface area (Å²) in [5.41, 5.74) is 1.10. The van der Waals surface area contributed by atoms with E-state index in [1.807, 2.05) is 18.2 Å². The number of aromatic nitrogens is 2. The molecule has 6 nitrogen and oxygen atoms in total. The second-order valence-electron chi connectivity index (χ2n) is 6.29. The first-order valence-corrected chi connectivity index (χ1v) is 9.91. The minimum atomic E-state index is 0. The van der Waals surface area contributed by atoms with Gasteiger partial charge in [0.1, 0.15) is 0 Å². The number of aliphatic imine (C=N–C) groups is 1. The Morgan fingerprint density at radius 3 is 2.32 bits per heavy atom. The van der Waals surface area contributed by atoms with Gasteiger partial charge >= 0.3 is 0 Å². The fourth-order valence-corrected chi connectivity index (χ4v) is 3.62. The summed E-state index contributed by atoms with van der Waals surface area (Å²) >= 11 is 12.1. The zero-order valence-electron chi connectivity index (χ0n) is 15.8. The molecule has 0 bridgehead atoms. The van der Waals surface area contributed by atoms with Crippen molar-refractivity contribution >= 4 is 59.1 Å². The Morgan fingerprint density at radius 2 is 1.71 bits per heavy atom. The van der Waals surface area contributed by atoms with Crippen molar-refractivity contribution in [3.63, 3.8) is 0 Å². The molecule has 0 radical (unpaired) electrons. The van der Waals surface area contributed by atoms with Gasteiger partial charge in [0.05, 0.1) is 0 Å². The van der Waals surface area contributed by atoms with Crippen LogP contribution in [0.1, 0.15) is 12.5 Å². The molecular weight excluding hydrogens is 510 g/mol. The lowest BCUT2D eigenvalue weighted by Gasteiger charge is -2.36. The Balaban J connectivity index is 0.00000280. The Kier molecular flexibility index (Phi) is 9.53. The maximum absolute atomic E-state index is 6.07. The largest absolute Gasteiger partial charge is 0.357 e. The van der Waals surface area contributed by atoms with E-state index in [1.54, 1.807) is 18.5 Å². The predicted molar refractivity (Wildman–Crippen MR) is 127 cm³/mol. The highest BCUT2D eigenvalue weighted by Gasteiger charge is 2.20. The summed E-state index contributed by atoms with van der Waals surface area (Å²) in [5, 5.41) is 4.71. The average molecular weight is 535 g/mol. The van der Waals surface area contributed by atoms with Crippen molar-refractivity contribution in [2.24, 2.45) is 4.99 Å². The van der Waals surface area contributed by atoms with Crippen LogP contribution in [-0.2, 0) is 6.42 Å². The average Bonchev–Trinajstić information content (AvgIpc) is 2.67. The summed E-state index contributed by atoms with van der Waals surface area (Å²) in [6.45, 7) is 7.11. The molecule has 0 unspecified atom stereocenters. The first kappa shape index (κ1) is 23.0. The molecule has 1 aliphatic rings. The minimum absolute atomic E-state index is 0. The minimum Gasteiger partial charge on any atom is -0.357 e. The molecule has 0 amide bonds. The maximum atomic E-state index is 6.07. The van der Waals surface area contributed by atoms with Gasteiger partial charge in [-0.05, 0) is 43.2 Å². The predicted octanol–water partition coefficient (Wildman–Crippen LogP) is 3.73. The van der Waals surface area contributed by atoms with Gasteiger partial charge in [-0.25, -0.2) is 9.97 Å². The molecule has 152 valence electrons. The molecule has 1 N–H and O–H groups in total. The van der Waals surface area contributed by atoms with Crippen molar-refractivity contribution in [1.29, 1.82) is 0 Å². The SMILES string of the molecule is CCNC(=NCCc1cc(Cl)cc(Cl)c1)N1CCN(c2ncccn2)CC1.I. The van der Waals surface area contributed by atoms with E-state index in [0.717, 1.165) is 56.6 Å². The molecule has 1 fully saturated rings. The molecule has 1 aliphatic heterocycles. The maximum Gasteiger partial charge on any atom is 0.225 e. The Morgan fingerprint density at radius 1 is 1.07 bits per heavy atom. The summed E-state index contributed by atoms with van der Waals surface area (Å²) in [5.74, 6) is 1.73. The van der Waals surface area contributed by atoms with Crippen molar-refractivity contribution < 1.29 is 0 Å². The lowest BCUT2D eigenvalue weighted by atomic mass is 10.1. The van der Waals surface area contributed by atoms with Crippen LogP contribution in [0.5, 0.6) is 0 Å². The van der Waals surface area contributed by atoms with Crippen molar-refractivity contribution in [3.8, 4) is 0 Å². The van der Waals surface area contributed by atoms with Crippen LogP contribution in [0.15, 0.2) is 41.7 Å². The van der Waals surface area contributed by atoms with Crippen molar-refractivity contribution in [2.45, 2.75) is 13.3 Å². The Labute approximate surface area is 193 Å². The molecule has 1 aromatic carbocycles. The number of piperazine rings is 1. The molecule has 1 aromatic heterocycles. The molecule has 0 spiro atoms. The number of halogens is 3. The topological polar surface area (TPSA) is 56.7 Å². The quantitative estimate of drug-likeness (QED) is 0.360. The number of hydrogen-bond acceptors (Lipinski definition) is 4. The van der Waals surface area contributed by atoms with Gasteiger partial charge in [0, 0.05) is 61.7 Å². The molecule has 0 atom stereocenters. The highest BCUT2D eigenvalue weighted by atomic mass is 127. The van der Waals surface area contributed by atoms with Gasteiger partial charge in [0.15, 0.2) is 5.96 Å². The summed E-state index contributed by atoms with van der Waals surface area (Å²) in [6.07, 6.45) is 4.36. The van der Waals surface area contributed by atoms with Gasteiger partial charge in [-0.2, -0.15) is 0 Å². The number of guanidine groups is 1. The lowest BCUT2D eigenvalue weighted by molar-refractivity contribution is 0.370. The van der Waals surface area contributed by atoms with Gasteiger partial charge in [-0.15, -0.1) is 24.0 Å². The van der Waals surface area contributed by atoms with Crippen LogP contribution in [0.2, 0.25) is 10.0 Å². The number of nitrogens with zero attached hydrogens (tertiary/aromatic N) is 5. The van der Waals surface area contributed by atoms with Crippen LogP contribution in [0.3, 0.4) is 0 Å². The van der Waals surface area contributed by atoms with Crippen LogP contribution in [-0.4, -0.2) is 60.1 Å². The van der Waals surface area contributed by atoms with E-state index in [2.05, 4.69) is 32.0 Å². The Hall–Kier alpha value is -1.32. The third-order valence-corrected chi connectivity index (χ3v) is 4.77. The fourth-order valence-electron chi connectivity index (χ4n) is 3.04. The monoisotopic (exact) mass is 534 g/mol. The summed E-state index contributed by atoms with van der Waals surface area (Å²) in [6, 6.07) is 7.46. The van der Waals surface area contributed by atoms with Crippen LogP contribution in [0.25, 0.3) is 0 Å². The summed E-state index contributed by atoms with van der Waals surface area (Å²) in [4.78, 5) is 17.9. The first-order chi connectivity index (χ1) is 13.2. The molecular formula is C19H25Cl2IN6. The number of benzene rings is 1. The van der Waals surface area contributed by atoms with Gasteiger partial charge in [-0.3, -0.25) is 4.99 Å². The standard InChI is InChI=1S/C19H24Cl2N6.HI/c1-2-22-18(25-7-4-15-12-16(20)14-17(21)13-15)26-8-10-27(11-9-26)19-23-5-3-6-24-19;/h3,5-6,12-14H,2,4,7-11H2,1H3,(H,22,25);1H. The summed E-state index contributed by atoms with van der Waals surface area (Å²) < 4.78 is 0. The van der Waals surface area contributed by atoms with E-state index in [-0.39, 0.29) is 24.0 Å². The van der Waals surface area contributed by atoms with E-state index < -0.39 is 0 Å². The van der Waals surface area contributed by atoms with Crippen molar-refractivity contribution in [1.82, 2.24) is 20.2 Å². The van der Waals surface area contributed by atoms with Gasteiger partial charge in [0.25, 0.3) is 0 Å². The fraction of sp³-hybridized carbons (Fsp3) is 0.421. The first-order valence-electron chi connectivity index (χ1n) is 9.16. The van der Waals surface area contributed by atoms with E-state index in [1.165, 1.54) is 0 Å². The second-order valence-corrected chi connectivity index (χ2v) is 7.16. The van der Waals surface area contributed by atoms with Crippen molar-refractivity contribution in [2.75, 3.05) is 44.2 Å². The van der Waals surface area contributed by atoms with E-state index in [0.29, 0.717) is 16.6 Å². The summed E-state index contributed by atoms with van der Waals surface area (Å²) in [7, 11) is 0. The molecule has 3 rings (SSSR count). The van der Waals surface area contributed by atoms with Crippen LogP contribution in [0, 0.1) is 0 Å². The molecule has 2 heterocycles. The van der Waals surface area contributed by atoms with Crippen LogP contribution in [0.4, 0.5) is 5.95 Å². The molecule has 9 heteroatoms. The number of anilines is 1. The zero-order chi connectivity index (χ0) is 19.1. The number of hydrogen-bond donors (Lipinski definition) is 1.